The summed E-state index contributed by atoms with van der Waals surface area (Å²) in [7, 11) is -5.55. The Morgan fingerprint density at radius 2 is 2.00 bits per heavy atom. The molecular formula is C8H12F3NO5S. The number of carbonyl (C=O) groups is 1. The Labute approximate surface area is 101 Å². The molecule has 0 bridgehead atoms. The molecule has 1 rings (SSSR count). The molecule has 1 heterocycles. The van der Waals surface area contributed by atoms with Gasteiger partial charge in [0.15, 0.2) is 0 Å². The van der Waals surface area contributed by atoms with Crippen LogP contribution in [0.1, 0.15) is 6.92 Å². The molecule has 2 unspecified atom stereocenters. The number of ether oxygens (including phenoxy) is 1. The molecule has 0 saturated carbocycles. The molecule has 1 saturated heterocycles. The van der Waals surface area contributed by atoms with Crippen molar-refractivity contribution < 1.29 is 36.2 Å². The standard InChI is InChI=1S/C8H12F3NO5S/c1-2-12(18(15,16)8(9,10)11)6-4-17-3-5(6)7(13)14/h5-6H,2-4H2,1H3,(H,13,14). The van der Waals surface area contributed by atoms with Gasteiger partial charge in [0.25, 0.3) is 0 Å². The molecule has 0 aromatic carbocycles. The van der Waals surface area contributed by atoms with Gasteiger partial charge in [0.05, 0.1) is 25.2 Å². The van der Waals surface area contributed by atoms with Gasteiger partial charge < -0.3 is 9.84 Å². The molecular weight excluding hydrogens is 279 g/mol. The highest BCUT2D eigenvalue weighted by molar-refractivity contribution is 7.90. The largest absolute Gasteiger partial charge is 0.511 e. The van der Waals surface area contributed by atoms with E-state index in [-0.39, 0.29) is 17.5 Å². The molecule has 0 aromatic rings. The van der Waals surface area contributed by atoms with E-state index < -0.39 is 40.0 Å². The van der Waals surface area contributed by atoms with Gasteiger partial charge in [-0.15, -0.1) is 0 Å². The quantitative estimate of drug-likeness (QED) is 0.803. The molecule has 0 spiro atoms. The molecule has 0 radical (unpaired) electrons. The fourth-order valence-corrected chi connectivity index (χ4v) is 2.95. The average molecular weight is 291 g/mol. The summed E-state index contributed by atoms with van der Waals surface area (Å²) >= 11 is 0. The second-order valence-electron chi connectivity index (χ2n) is 3.70. The molecule has 18 heavy (non-hydrogen) atoms. The minimum Gasteiger partial charge on any atom is -0.481 e. The number of alkyl halides is 3. The van der Waals surface area contributed by atoms with Crippen LogP contribution in [-0.4, -0.2) is 55.1 Å². The Balaban J connectivity index is 3.08. The van der Waals surface area contributed by atoms with Gasteiger partial charge in [-0.05, 0) is 0 Å². The van der Waals surface area contributed by atoms with Gasteiger partial charge in [-0.25, -0.2) is 8.42 Å². The number of hydrogen-bond acceptors (Lipinski definition) is 4. The van der Waals surface area contributed by atoms with Crippen molar-refractivity contribution in [3.63, 3.8) is 0 Å². The average Bonchev–Trinajstić information content (AvgIpc) is 2.65. The maximum absolute atomic E-state index is 12.4. The second kappa shape index (κ2) is 5.02. The summed E-state index contributed by atoms with van der Waals surface area (Å²) in [5.41, 5.74) is -5.45. The molecule has 0 aromatic heterocycles. The van der Waals surface area contributed by atoms with Crippen LogP contribution >= 0.6 is 0 Å². The van der Waals surface area contributed by atoms with Crippen LogP contribution in [0.25, 0.3) is 0 Å². The predicted molar refractivity (Wildman–Crippen MR) is 53.1 cm³/mol. The van der Waals surface area contributed by atoms with Crippen LogP contribution in [0.5, 0.6) is 0 Å². The lowest BCUT2D eigenvalue weighted by molar-refractivity contribution is -0.142. The number of likely N-dealkylation sites (N-methyl/N-ethyl adjacent to an activating group) is 1. The van der Waals surface area contributed by atoms with E-state index in [1.807, 2.05) is 0 Å². The van der Waals surface area contributed by atoms with Crippen molar-refractivity contribution in [2.45, 2.75) is 18.5 Å². The lowest BCUT2D eigenvalue weighted by Gasteiger charge is -2.28. The lowest BCUT2D eigenvalue weighted by Crippen LogP contribution is -2.50. The molecule has 6 nitrogen and oxygen atoms in total. The van der Waals surface area contributed by atoms with Crippen molar-refractivity contribution in [2.24, 2.45) is 5.92 Å². The van der Waals surface area contributed by atoms with E-state index in [0.717, 1.165) is 0 Å². The highest BCUT2D eigenvalue weighted by atomic mass is 32.2. The Hall–Kier alpha value is -0.870. The van der Waals surface area contributed by atoms with Gasteiger partial charge in [-0.2, -0.15) is 17.5 Å². The number of aliphatic carboxylic acids is 1. The number of hydrogen-bond donors (Lipinski definition) is 1. The van der Waals surface area contributed by atoms with Crippen LogP contribution in [0.15, 0.2) is 0 Å². The smallest absolute Gasteiger partial charge is 0.481 e. The van der Waals surface area contributed by atoms with Gasteiger partial charge in [0.1, 0.15) is 0 Å². The number of rotatable bonds is 4. The maximum Gasteiger partial charge on any atom is 0.511 e. The molecule has 1 fully saturated rings. The normalized spacial score (nSPS) is 25.6. The fourth-order valence-electron chi connectivity index (χ4n) is 1.78. The highest BCUT2D eigenvalue weighted by Gasteiger charge is 2.54. The van der Waals surface area contributed by atoms with Crippen molar-refractivity contribution >= 4 is 16.0 Å². The third-order valence-electron chi connectivity index (χ3n) is 2.65. The molecule has 106 valence electrons. The first-order chi connectivity index (χ1) is 8.13. The zero-order valence-corrected chi connectivity index (χ0v) is 10.2. The minimum absolute atomic E-state index is 0.138. The molecule has 10 heteroatoms. The van der Waals surface area contributed by atoms with Gasteiger partial charge in [0.2, 0.25) is 0 Å². The van der Waals surface area contributed by atoms with E-state index >= 15 is 0 Å². The van der Waals surface area contributed by atoms with E-state index in [4.69, 9.17) is 9.84 Å². The van der Waals surface area contributed by atoms with Gasteiger partial charge in [0, 0.05) is 6.54 Å². The monoisotopic (exact) mass is 291 g/mol. The van der Waals surface area contributed by atoms with Crippen molar-refractivity contribution in [1.29, 1.82) is 0 Å². The summed E-state index contributed by atoms with van der Waals surface area (Å²) in [6, 6.07) is -1.33. The summed E-state index contributed by atoms with van der Waals surface area (Å²) in [5, 5.41) is 8.81. The highest BCUT2D eigenvalue weighted by Crippen LogP contribution is 2.31. The number of carboxylic acids is 1. The third kappa shape index (κ3) is 2.59. The van der Waals surface area contributed by atoms with Crippen molar-refractivity contribution in [2.75, 3.05) is 19.8 Å². The maximum atomic E-state index is 12.4. The summed E-state index contributed by atoms with van der Waals surface area (Å²) < 4.78 is 64.8. The molecule has 1 N–H and O–H groups in total. The Bertz CT molecular complexity index is 421. The summed E-state index contributed by atoms with van der Waals surface area (Å²) in [4.78, 5) is 10.8. The number of carboxylic acid groups (broad SMARTS) is 1. The topological polar surface area (TPSA) is 83.9 Å². The van der Waals surface area contributed by atoms with E-state index in [2.05, 4.69) is 0 Å². The minimum atomic E-state index is -5.55. The molecule has 1 aliphatic heterocycles. The summed E-state index contributed by atoms with van der Waals surface area (Å²) in [6.45, 7) is 0.0736. The van der Waals surface area contributed by atoms with E-state index in [9.17, 15) is 26.4 Å². The second-order valence-corrected chi connectivity index (χ2v) is 5.59. The Morgan fingerprint density at radius 1 is 1.44 bits per heavy atom. The van der Waals surface area contributed by atoms with Crippen LogP contribution in [0.3, 0.4) is 0 Å². The molecule has 0 amide bonds. The number of nitrogens with zero attached hydrogens (tertiary/aromatic N) is 1. The SMILES string of the molecule is CCN(C1COCC1C(=O)O)S(=O)(=O)C(F)(F)F. The van der Waals surface area contributed by atoms with Crippen LogP contribution < -0.4 is 0 Å². The predicted octanol–water partition coefficient (Wildman–Crippen LogP) is 0.258. The van der Waals surface area contributed by atoms with Gasteiger partial charge in [-0.1, -0.05) is 6.92 Å². The van der Waals surface area contributed by atoms with Crippen LogP contribution in [0.4, 0.5) is 13.2 Å². The zero-order chi connectivity index (χ0) is 14.1. The van der Waals surface area contributed by atoms with Gasteiger partial charge >= 0.3 is 21.5 Å². The zero-order valence-electron chi connectivity index (χ0n) is 9.35. The number of sulfonamides is 1. The summed E-state index contributed by atoms with van der Waals surface area (Å²) in [5.74, 6) is -2.67. The van der Waals surface area contributed by atoms with E-state index in [1.165, 1.54) is 6.92 Å². The molecule has 1 aliphatic rings. The fraction of sp³-hybridized carbons (Fsp3) is 0.875. The summed E-state index contributed by atoms with van der Waals surface area (Å²) in [6.07, 6.45) is 0. The van der Waals surface area contributed by atoms with E-state index in [1.54, 1.807) is 0 Å². The van der Waals surface area contributed by atoms with Crippen LogP contribution in [0, 0.1) is 5.92 Å². The first-order valence-corrected chi connectivity index (χ1v) is 6.45. The van der Waals surface area contributed by atoms with Gasteiger partial charge in [-0.3, -0.25) is 4.79 Å². The Kier molecular flexibility index (Phi) is 4.23. The third-order valence-corrected chi connectivity index (χ3v) is 4.38. The van der Waals surface area contributed by atoms with Crippen LogP contribution in [0.2, 0.25) is 0 Å². The first kappa shape index (κ1) is 15.2. The molecule has 2 atom stereocenters. The van der Waals surface area contributed by atoms with Crippen LogP contribution in [-0.2, 0) is 19.6 Å². The number of halogens is 3. The molecule has 0 aliphatic carbocycles. The first-order valence-electron chi connectivity index (χ1n) is 5.01. The van der Waals surface area contributed by atoms with E-state index in [0.29, 0.717) is 0 Å². The van der Waals surface area contributed by atoms with Crippen molar-refractivity contribution in [1.82, 2.24) is 4.31 Å². The lowest BCUT2D eigenvalue weighted by atomic mass is 10.0. The van der Waals surface area contributed by atoms with Crippen molar-refractivity contribution in [3.05, 3.63) is 0 Å². The van der Waals surface area contributed by atoms with Crippen molar-refractivity contribution in [3.8, 4) is 0 Å². The Morgan fingerprint density at radius 3 is 2.39 bits per heavy atom.